The Morgan fingerprint density at radius 3 is 2.57 bits per heavy atom. The number of aliphatic hydroxyl groups is 1. The number of rotatable bonds is 2. The SMILES string of the molecule is CC1(C)CC(O)(CC2OCCc3ccccc32)C(C)(C)O1. The van der Waals surface area contributed by atoms with Gasteiger partial charge in [-0.2, -0.15) is 0 Å². The molecule has 0 spiro atoms. The van der Waals surface area contributed by atoms with Gasteiger partial charge in [0, 0.05) is 12.8 Å². The van der Waals surface area contributed by atoms with E-state index in [-0.39, 0.29) is 11.7 Å². The molecule has 1 aromatic rings. The molecule has 0 aromatic heterocycles. The molecule has 2 atom stereocenters. The predicted molar refractivity (Wildman–Crippen MR) is 82.3 cm³/mol. The molecule has 1 aromatic carbocycles. The van der Waals surface area contributed by atoms with Crippen LogP contribution in [0.3, 0.4) is 0 Å². The van der Waals surface area contributed by atoms with Gasteiger partial charge in [-0.3, -0.25) is 0 Å². The summed E-state index contributed by atoms with van der Waals surface area (Å²) >= 11 is 0. The van der Waals surface area contributed by atoms with E-state index >= 15 is 0 Å². The summed E-state index contributed by atoms with van der Waals surface area (Å²) in [6.07, 6.45) is 2.13. The number of hydrogen-bond acceptors (Lipinski definition) is 3. The molecule has 3 heteroatoms. The Bertz CT molecular complexity index is 535. The Morgan fingerprint density at radius 2 is 1.90 bits per heavy atom. The topological polar surface area (TPSA) is 38.7 Å². The van der Waals surface area contributed by atoms with Gasteiger partial charge in [-0.15, -0.1) is 0 Å². The summed E-state index contributed by atoms with van der Waals surface area (Å²) in [6, 6.07) is 8.40. The molecule has 0 aliphatic carbocycles. The lowest BCUT2D eigenvalue weighted by atomic mass is 9.76. The lowest BCUT2D eigenvalue weighted by Gasteiger charge is -2.39. The minimum atomic E-state index is -0.869. The quantitative estimate of drug-likeness (QED) is 0.907. The van der Waals surface area contributed by atoms with E-state index in [0.29, 0.717) is 12.8 Å². The highest BCUT2D eigenvalue weighted by Crippen LogP contribution is 2.49. The first-order chi connectivity index (χ1) is 9.73. The van der Waals surface area contributed by atoms with Crippen molar-refractivity contribution in [1.29, 1.82) is 0 Å². The van der Waals surface area contributed by atoms with Crippen LogP contribution in [-0.4, -0.2) is 28.5 Å². The van der Waals surface area contributed by atoms with Crippen molar-refractivity contribution in [2.24, 2.45) is 0 Å². The van der Waals surface area contributed by atoms with E-state index in [2.05, 4.69) is 18.2 Å². The highest BCUT2D eigenvalue weighted by atomic mass is 16.6. The molecule has 1 fully saturated rings. The van der Waals surface area contributed by atoms with Crippen LogP contribution in [0.2, 0.25) is 0 Å². The Labute approximate surface area is 127 Å². The smallest absolute Gasteiger partial charge is 0.0986 e. The minimum absolute atomic E-state index is 0.0447. The van der Waals surface area contributed by atoms with Crippen LogP contribution in [-0.2, 0) is 15.9 Å². The molecule has 0 radical (unpaired) electrons. The molecule has 2 unspecified atom stereocenters. The van der Waals surface area contributed by atoms with Gasteiger partial charge in [0.05, 0.1) is 29.5 Å². The first kappa shape index (κ1) is 15.0. The van der Waals surface area contributed by atoms with Crippen molar-refractivity contribution in [2.75, 3.05) is 6.61 Å². The van der Waals surface area contributed by atoms with E-state index in [0.717, 1.165) is 13.0 Å². The second-order valence-corrected chi connectivity index (χ2v) is 7.59. The van der Waals surface area contributed by atoms with Crippen LogP contribution < -0.4 is 0 Å². The molecule has 2 aliphatic heterocycles. The first-order valence-corrected chi connectivity index (χ1v) is 7.84. The summed E-state index contributed by atoms with van der Waals surface area (Å²) in [5.74, 6) is 0. The van der Waals surface area contributed by atoms with Crippen molar-refractivity contribution < 1.29 is 14.6 Å². The summed E-state index contributed by atoms with van der Waals surface area (Å²) in [5.41, 5.74) is 0.829. The summed E-state index contributed by atoms with van der Waals surface area (Å²) in [6.45, 7) is 8.78. The third-order valence-electron chi connectivity index (χ3n) is 4.99. The molecule has 1 N–H and O–H groups in total. The van der Waals surface area contributed by atoms with Crippen LogP contribution in [0.15, 0.2) is 24.3 Å². The normalized spacial score (nSPS) is 33.7. The zero-order chi connectivity index (χ0) is 15.3. The Kier molecular flexibility index (Phi) is 3.43. The number of benzene rings is 1. The first-order valence-electron chi connectivity index (χ1n) is 7.84. The van der Waals surface area contributed by atoms with Crippen LogP contribution in [0, 0.1) is 0 Å². The van der Waals surface area contributed by atoms with Gasteiger partial charge in [-0.1, -0.05) is 24.3 Å². The Hall–Kier alpha value is -0.900. The molecule has 0 amide bonds. The lowest BCUT2D eigenvalue weighted by molar-refractivity contribution is -0.143. The van der Waals surface area contributed by atoms with Gasteiger partial charge in [0.1, 0.15) is 0 Å². The van der Waals surface area contributed by atoms with Gasteiger partial charge in [-0.25, -0.2) is 0 Å². The van der Waals surface area contributed by atoms with E-state index in [4.69, 9.17) is 9.47 Å². The molecule has 116 valence electrons. The molecule has 0 saturated carbocycles. The Morgan fingerprint density at radius 1 is 1.19 bits per heavy atom. The summed E-state index contributed by atoms with van der Waals surface area (Å²) in [4.78, 5) is 0. The van der Waals surface area contributed by atoms with E-state index in [9.17, 15) is 5.11 Å². The van der Waals surface area contributed by atoms with Crippen LogP contribution in [0.1, 0.15) is 57.8 Å². The maximum Gasteiger partial charge on any atom is 0.0986 e. The van der Waals surface area contributed by atoms with Crippen LogP contribution in [0.5, 0.6) is 0 Å². The third-order valence-corrected chi connectivity index (χ3v) is 4.99. The monoisotopic (exact) mass is 290 g/mol. The molecule has 2 aliphatic rings. The number of fused-ring (bicyclic) bond motifs is 1. The Balaban J connectivity index is 1.87. The highest BCUT2D eigenvalue weighted by Gasteiger charge is 2.57. The van der Waals surface area contributed by atoms with Gasteiger partial charge in [0.15, 0.2) is 0 Å². The summed E-state index contributed by atoms with van der Waals surface area (Å²) < 4.78 is 12.1. The van der Waals surface area contributed by atoms with E-state index in [1.807, 2.05) is 33.8 Å². The number of ether oxygens (including phenoxy) is 2. The molecule has 2 heterocycles. The predicted octanol–water partition coefficient (Wildman–Crippen LogP) is 3.40. The molecule has 21 heavy (non-hydrogen) atoms. The van der Waals surface area contributed by atoms with E-state index in [1.54, 1.807) is 0 Å². The van der Waals surface area contributed by atoms with E-state index in [1.165, 1.54) is 11.1 Å². The van der Waals surface area contributed by atoms with Gasteiger partial charge in [-0.05, 0) is 45.2 Å². The molecular weight excluding hydrogens is 264 g/mol. The van der Waals surface area contributed by atoms with Crippen molar-refractivity contribution in [3.05, 3.63) is 35.4 Å². The van der Waals surface area contributed by atoms with Gasteiger partial charge in [0.25, 0.3) is 0 Å². The second-order valence-electron chi connectivity index (χ2n) is 7.59. The largest absolute Gasteiger partial charge is 0.387 e. The maximum absolute atomic E-state index is 11.2. The molecule has 3 rings (SSSR count). The fourth-order valence-electron chi connectivity index (χ4n) is 4.01. The molecule has 3 nitrogen and oxygen atoms in total. The number of hydrogen-bond donors (Lipinski definition) is 1. The molecule has 0 bridgehead atoms. The fraction of sp³-hybridized carbons (Fsp3) is 0.667. The third kappa shape index (κ3) is 2.63. The lowest BCUT2D eigenvalue weighted by Crippen LogP contribution is -2.47. The average Bonchev–Trinajstić information content (AvgIpc) is 2.53. The fourth-order valence-corrected chi connectivity index (χ4v) is 4.01. The summed E-state index contributed by atoms with van der Waals surface area (Å²) in [7, 11) is 0. The van der Waals surface area contributed by atoms with Gasteiger partial charge >= 0.3 is 0 Å². The van der Waals surface area contributed by atoms with Gasteiger partial charge in [0.2, 0.25) is 0 Å². The summed E-state index contributed by atoms with van der Waals surface area (Å²) in [5, 5.41) is 11.2. The second kappa shape index (κ2) is 4.80. The minimum Gasteiger partial charge on any atom is -0.387 e. The highest BCUT2D eigenvalue weighted by molar-refractivity contribution is 5.31. The van der Waals surface area contributed by atoms with Crippen LogP contribution in [0.25, 0.3) is 0 Å². The van der Waals surface area contributed by atoms with Crippen molar-refractivity contribution in [2.45, 2.75) is 69.9 Å². The standard InChI is InChI=1S/C18H26O3/c1-16(2)12-18(19,17(3,4)21-16)11-15-14-8-6-5-7-13(14)9-10-20-15/h5-8,15,19H,9-12H2,1-4H3. The zero-order valence-corrected chi connectivity index (χ0v) is 13.5. The maximum atomic E-state index is 11.2. The van der Waals surface area contributed by atoms with Gasteiger partial charge < -0.3 is 14.6 Å². The van der Waals surface area contributed by atoms with E-state index < -0.39 is 11.2 Å². The van der Waals surface area contributed by atoms with Crippen LogP contribution >= 0.6 is 0 Å². The molecular formula is C18H26O3. The molecule has 1 saturated heterocycles. The van der Waals surface area contributed by atoms with Crippen molar-refractivity contribution in [1.82, 2.24) is 0 Å². The van der Waals surface area contributed by atoms with Crippen molar-refractivity contribution in [3.63, 3.8) is 0 Å². The van der Waals surface area contributed by atoms with Crippen molar-refractivity contribution >= 4 is 0 Å². The van der Waals surface area contributed by atoms with Crippen molar-refractivity contribution in [3.8, 4) is 0 Å². The zero-order valence-electron chi connectivity index (χ0n) is 13.5. The van der Waals surface area contributed by atoms with Crippen LogP contribution in [0.4, 0.5) is 0 Å². The average molecular weight is 290 g/mol.